The van der Waals surface area contributed by atoms with Gasteiger partial charge in [-0.1, -0.05) is 13.3 Å². The molecule has 1 aliphatic heterocycles. The molecule has 1 heterocycles. The number of piperidine rings is 1. The van der Waals surface area contributed by atoms with Gasteiger partial charge < -0.3 is 0 Å². The molecule has 0 radical (unpaired) electrons. The average molecular weight is 205 g/mol. The van der Waals surface area contributed by atoms with E-state index >= 15 is 0 Å². The molecule has 0 saturated carbocycles. The first-order valence-electron chi connectivity index (χ1n) is 4.81. The van der Waals surface area contributed by atoms with E-state index in [0.29, 0.717) is 5.37 Å². The molecule has 72 valence electrons. The summed E-state index contributed by atoms with van der Waals surface area (Å²) in [6, 6.07) is 0. The fraction of sp³-hybridized carbons (Fsp3) is 1.00. The van der Waals surface area contributed by atoms with Gasteiger partial charge in [-0.2, -0.15) is 25.3 Å². The third-order valence-electron chi connectivity index (χ3n) is 2.81. The zero-order valence-electron chi connectivity index (χ0n) is 7.74. The lowest BCUT2D eigenvalue weighted by atomic mass is 9.94. The number of rotatable bonds is 3. The second kappa shape index (κ2) is 5.40. The first kappa shape index (κ1) is 10.7. The van der Waals surface area contributed by atoms with Gasteiger partial charge in [0.05, 0.1) is 5.37 Å². The summed E-state index contributed by atoms with van der Waals surface area (Å²) in [6.45, 7) is 4.72. The molecule has 0 bridgehead atoms. The van der Waals surface area contributed by atoms with Crippen LogP contribution in [0.5, 0.6) is 0 Å². The third-order valence-corrected chi connectivity index (χ3v) is 3.95. The molecule has 1 fully saturated rings. The summed E-state index contributed by atoms with van der Waals surface area (Å²) < 4.78 is 0. The Kier molecular flexibility index (Phi) is 4.84. The van der Waals surface area contributed by atoms with E-state index < -0.39 is 0 Å². The van der Waals surface area contributed by atoms with Gasteiger partial charge in [0.2, 0.25) is 0 Å². The fourth-order valence-corrected chi connectivity index (χ4v) is 2.24. The van der Waals surface area contributed by atoms with Crippen molar-refractivity contribution in [2.75, 3.05) is 18.8 Å². The van der Waals surface area contributed by atoms with Crippen molar-refractivity contribution >= 4 is 25.3 Å². The lowest BCUT2D eigenvalue weighted by Gasteiger charge is -2.34. The SMILES string of the molecule is CCC1CCN(C(S)CS)CC1. The van der Waals surface area contributed by atoms with Crippen LogP contribution in [0.3, 0.4) is 0 Å². The monoisotopic (exact) mass is 205 g/mol. The van der Waals surface area contributed by atoms with Crippen LogP contribution in [-0.4, -0.2) is 29.1 Å². The standard InChI is InChI=1S/C9H19NS2/c1-2-8-3-5-10(6-4-8)9(12)7-11/h8-9,11-12H,2-7H2,1H3. The van der Waals surface area contributed by atoms with Crippen molar-refractivity contribution in [3.8, 4) is 0 Å². The minimum Gasteiger partial charge on any atom is -0.291 e. The fourth-order valence-electron chi connectivity index (χ4n) is 1.77. The van der Waals surface area contributed by atoms with E-state index in [2.05, 4.69) is 37.1 Å². The predicted octanol–water partition coefficient (Wildman–Crippen LogP) is 2.29. The van der Waals surface area contributed by atoms with E-state index in [0.717, 1.165) is 11.7 Å². The summed E-state index contributed by atoms with van der Waals surface area (Å²) in [5.41, 5.74) is 0. The van der Waals surface area contributed by atoms with Gasteiger partial charge in [-0.15, -0.1) is 0 Å². The highest BCUT2D eigenvalue weighted by molar-refractivity contribution is 7.84. The molecule has 1 nitrogen and oxygen atoms in total. The lowest BCUT2D eigenvalue weighted by molar-refractivity contribution is 0.179. The highest BCUT2D eigenvalue weighted by Gasteiger charge is 2.20. The molecule has 0 aromatic rings. The van der Waals surface area contributed by atoms with Crippen LogP contribution >= 0.6 is 25.3 Å². The van der Waals surface area contributed by atoms with Gasteiger partial charge in [0, 0.05) is 5.75 Å². The van der Waals surface area contributed by atoms with Crippen LogP contribution in [-0.2, 0) is 0 Å². The van der Waals surface area contributed by atoms with Gasteiger partial charge in [-0.05, 0) is 31.8 Å². The van der Waals surface area contributed by atoms with Gasteiger partial charge in [0.25, 0.3) is 0 Å². The van der Waals surface area contributed by atoms with Crippen LogP contribution in [0.2, 0.25) is 0 Å². The van der Waals surface area contributed by atoms with Crippen LogP contribution in [0.4, 0.5) is 0 Å². The summed E-state index contributed by atoms with van der Waals surface area (Å²) in [5.74, 6) is 1.82. The Bertz CT molecular complexity index is 122. The molecule has 1 rings (SSSR count). The Balaban J connectivity index is 2.25. The molecule has 1 saturated heterocycles. The summed E-state index contributed by atoms with van der Waals surface area (Å²) in [7, 11) is 0. The minimum atomic E-state index is 0.367. The van der Waals surface area contributed by atoms with Crippen molar-refractivity contribution in [2.24, 2.45) is 5.92 Å². The molecule has 1 unspecified atom stereocenters. The zero-order valence-corrected chi connectivity index (χ0v) is 9.53. The van der Waals surface area contributed by atoms with Crippen LogP contribution in [0.1, 0.15) is 26.2 Å². The molecule has 0 aliphatic carbocycles. The molecule has 1 aliphatic rings. The summed E-state index contributed by atoms with van der Waals surface area (Å²) in [4.78, 5) is 2.43. The largest absolute Gasteiger partial charge is 0.291 e. The highest BCUT2D eigenvalue weighted by atomic mass is 32.1. The lowest BCUT2D eigenvalue weighted by Crippen LogP contribution is -2.39. The van der Waals surface area contributed by atoms with Gasteiger partial charge in [0.1, 0.15) is 0 Å². The quantitative estimate of drug-likeness (QED) is 0.669. The average Bonchev–Trinajstić information content (AvgIpc) is 2.17. The molecule has 12 heavy (non-hydrogen) atoms. The Morgan fingerprint density at radius 2 is 2.00 bits per heavy atom. The molecular weight excluding hydrogens is 186 g/mol. The minimum absolute atomic E-state index is 0.367. The number of hydrogen-bond donors (Lipinski definition) is 2. The highest BCUT2D eigenvalue weighted by Crippen LogP contribution is 2.22. The number of nitrogens with zero attached hydrogens (tertiary/aromatic N) is 1. The van der Waals surface area contributed by atoms with E-state index in [-0.39, 0.29) is 0 Å². The van der Waals surface area contributed by atoms with Crippen LogP contribution in [0.25, 0.3) is 0 Å². The van der Waals surface area contributed by atoms with Crippen molar-refractivity contribution < 1.29 is 0 Å². The maximum Gasteiger partial charge on any atom is 0.0616 e. The Morgan fingerprint density at radius 1 is 1.42 bits per heavy atom. The van der Waals surface area contributed by atoms with Gasteiger partial charge in [0.15, 0.2) is 0 Å². The summed E-state index contributed by atoms with van der Waals surface area (Å²) in [5, 5.41) is 0.367. The normalized spacial score (nSPS) is 24.2. The van der Waals surface area contributed by atoms with E-state index in [4.69, 9.17) is 0 Å². The van der Waals surface area contributed by atoms with Crippen LogP contribution in [0, 0.1) is 5.92 Å². The molecule has 0 aromatic heterocycles. The number of thiol groups is 2. The molecule has 0 aromatic carbocycles. The molecule has 0 spiro atoms. The summed E-state index contributed by atoms with van der Waals surface area (Å²) >= 11 is 8.73. The van der Waals surface area contributed by atoms with E-state index in [1.807, 2.05) is 0 Å². The third kappa shape index (κ3) is 2.86. The topological polar surface area (TPSA) is 3.24 Å². The van der Waals surface area contributed by atoms with E-state index in [1.165, 1.54) is 32.4 Å². The Morgan fingerprint density at radius 3 is 2.42 bits per heavy atom. The first-order chi connectivity index (χ1) is 5.77. The smallest absolute Gasteiger partial charge is 0.0616 e. The van der Waals surface area contributed by atoms with Crippen LogP contribution < -0.4 is 0 Å². The Hall–Kier alpha value is 0.660. The maximum absolute atomic E-state index is 4.48. The molecule has 1 atom stereocenters. The van der Waals surface area contributed by atoms with Crippen molar-refractivity contribution in [2.45, 2.75) is 31.6 Å². The van der Waals surface area contributed by atoms with Gasteiger partial charge >= 0.3 is 0 Å². The second-order valence-electron chi connectivity index (χ2n) is 3.55. The van der Waals surface area contributed by atoms with Crippen molar-refractivity contribution in [1.82, 2.24) is 4.90 Å². The molecule has 0 N–H and O–H groups in total. The van der Waals surface area contributed by atoms with Crippen molar-refractivity contribution in [3.05, 3.63) is 0 Å². The first-order valence-corrected chi connectivity index (χ1v) is 5.95. The maximum atomic E-state index is 4.48. The summed E-state index contributed by atoms with van der Waals surface area (Å²) in [6.07, 6.45) is 4.04. The Labute approximate surface area is 86.7 Å². The van der Waals surface area contributed by atoms with Gasteiger partial charge in [-0.3, -0.25) is 4.90 Å². The molecular formula is C9H19NS2. The number of hydrogen-bond acceptors (Lipinski definition) is 3. The predicted molar refractivity (Wildman–Crippen MR) is 61.2 cm³/mol. The van der Waals surface area contributed by atoms with Crippen molar-refractivity contribution in [3.63, 3.8) is 0 Å². The van der Waals surface area contributed by atoms with Gasteiger partial charge in [-0.25, -0.2) is 0 Å². The van der Waals surface area contributed by atoms with Crippen LogP contribution in [0.15, 0.2) is 0 Å². The molecule has 3 heteroatoms. The second-order valence-corrected chi connectivity index (χ2v) is 4.51. The molecule has 0 amide bonds. The zero-order chi connectivity index (χ0) is 8.97. The number of likely N-dealkylation sites (tertiary alicyclic amines) is 1. The van der Waals surface area contributed by atoms with E-state index in [1.54, 1.807) is 0 Å². The van der Waals surface area contributed by atoms with E-state index in [9.17, 15) is 0 Å². The van der Waals surface area contributed by atoms with Crippen molar-refractivity contribution in [1.29, 1.82) is 0 Å².